The Morgan fingerprint density at radius 1 is 1.69 bits per heavy atom. The lowest BCUT2D eigenvalue weighted by atomic mass is 9.84. The van der Waals surface area contributed by atoms with Crippen LogP contribution >= 0.6 is 27.3 Å². The first kappa shape index (κ1) is 13.7. The molecule has 0 bridgehead atoms. The Morgan fingerprint density at radius 3 is 2.62 bits per heavy atom. The number of aryl methyl sites for hydroxylation is 1. The van der Waals surface area contributed by atoms with Crippen molar-refractivity contribution in [2.75, 3.05) is 0 Å². The highest BCUT2D eigenvalue weighted by molar-refractivity contribution is 9.11. The lowest BCUT2D eigenvalue weighted by molar-refractivity contribution is -0.147. The van der Waals surface area contributed by atoms with Gasteiger partial charge in [0.15, 0.2) is 0 Å². The van der Waals surface area contributed by atoms with E-state index in [9.17, 15) is 4.79 Å². The van der Waals surface area contributed by atoms with Crippen molar-refractivity contribution >= 4 is 33.2 Å². The quantitative estimate of drug-likeness (QED) is 0.897. The van der Waals surface area contributed by atoms with E-state index in [4.69, 9.17) is 10.8 Å². The van der Waals surface area contributed by atoms with Crippen LogP contribution < -0.4 is 5.73 Å². The zero-order chi connectivity index (χ0) is 12.5. The fourth-order valence-electron chi connectivity index (χ4n) is 1.57. The summed E-state index contributed by atoms with van der Waals surface area (Å²) in [5, 5.41) is 9.05. The van der Waals surface area contributed by atoms with Gasteiger partial charge in [-0.3, -0.25) is 4.79 Å². The Bertz CT molecular complexity index is 401. The molecule has 3 nitrogen and oxygen atoms in total. The van der Waals surface area contributed by atoms with Crippen LogP contribution in [0.3, 0.4) is 0 Å². The topological polar surface area (TPSA) is 63.3 Å². The van der Waals surface area contributed by atoms with Crippen LogP contribution in [-0.2, 0) is 4.79 Å². The Balaban J connectivity index is 2.84. The van der Waals surface area contributed by atoms with Crippen molar-refractivity contribution in [2.24, 2.45) is 11.1 Å². The van der Waals surface area contributed by atoms with E-state index < -0.39 is 11.4 Å². The first-order valence-corrected chi connectivity index (χ1v) is 6.60. The predicted octanol–water partition coefficient (Wildman–Crippen LogP) is 3.32. The number of hydrogen-bond acceptors (Lipinski definition) is 3. The van der Waals surface area contributed by atoms with Gasteiger partial charge in [0, 0.05) is 10.9 Å². The van der Waals surface area contributed by atoms with Crippen molar-refractivity contribution in [3.63, 3.8) is 0 Å². The van der Waals surface area contributed by atoms with E-state index in [-0.39, 0.29) is 6.04 Å². The number of thiophene rings is 1. The summed E-state index contributed by atoms with van der Waals surface area (Å²) < 4.78 is 1.03. The zero-order valence-corrected chi connectivity index (χ0v) is 12.0. The van der Waals surface area contributed by atoms with E-state index in [0.29, 0.717) is 6.42 Å². The molecule has 0 aliphatic rings. The molecule has 0 aromatic carbocycles. The van der Waals surface area contributed by atoms with Gasteiger partial charge in [-0.25, -0.2) is 0 Å². The van der Waals surface area contributed by atoms with Crippen molar-refractivity contribution in [2.45, 2.75) is 33.2 Å². The Hall–Kier alpha value is -0.390. The fraction of sp³-hybridized carbons (Fsp3) is 0.545. The summed E-state index contributed by atoms with van der Waals surface area (Å²) in [5.41, 5.74) is 6.30. The molecule has 0 saturated carbocycles. The number of hydrogen-bond donors (Lipinski definition) is 2. The molecule has 1 rings (SSSR count). The molecule has 1 unspecified atom stereocenters. The molecule has 0 amide bonds. The normalized spacial score (nSPS) is 13.8. The second-order valence-electron chi connectivity index (χ2n) is 4.56. The molecule has 16 heavy (non-hydrogen) atoms. The van der Waals surface area contributed by atoms with Crippen LogP contribution in [-0.4, -0.2) is 11.1 Å². The van der Waals surface area contributed by atoms with E-state index in [1.807, 2.05) is 13.0 Å². The standard InChI is InChI=1S/C11H16BrNO2S/c1-6-7(4-9(12)16-6)8(13)5-11(2,3)10(14)15/h4,8H,5,13H2,1-3H3,(H,14,15). The van der Waals surface area contributed by atoms with Gasteiger partial charge in [-0.2, -0.15) is 0 Å². The minimum absolute atomic E-state index is 0.228. The zero-order valence-electron chi connectivity index (χ0n) is 9.58. The maximum absolute atomic E-state index is 11.0. The summed E-state index contributed by atoms with van der Waals surface area (Å²) in [6.45, 7) is 5.40. The van der Waals surface area contributed by atoms with Gasteiger partial charge in [-0.1, -0.05) is 0 Å². The van der Waals surface area contributed by atoms with Crippen molar-refractivity contribution in [3.8, 4) is 0 Å². The van der Waals surface area contributed by atoms with Crippen LogP contribution in [0.15, 0.2) is 9.85 Å². The molecule has 0 saturated heterocycles. The molecule has 5 heteroatoms. The van der Waals surface area contributed by atoms with Crippen molar-refractivity contribution < 1.29 is 9.90 Å². The van der Waals surface area contributed by atoms with Gasteiger partial charge in [0.25, 0.3) is 0 Å². The molecule has 1 heterocycles. The summed E-state index contributed by atoms with van der Waals surface area (Å²) in [4.78, 5) is 12.2. The number of rotatable bonds is 4. The molecule has 90 valence electrons. The summed E-state index contributed by atoms with van der Waals surface area (Å²) in [5.74, 6) is -0.810. The summed E-state index contributed by atoms with van der Waals surface area (Å²) in [6, 6.07) is 1.75. The van der Waals surface area contributed by atoms with Crippen molar-refractivity contribution in [1.29, 1.82) is 0 Å². The van der Waals surface area contributed by atoms with Gasteiger partial charge < -0.3 is 10.8 Å². The van der Waals surface area contributed by atoms with E-state index in [0.717, 1.165) is 14.2 Å². The molecule has 1 atom stereocenters. The van der Waals surface area contributed by atoms with Crippen LogP contribution in [0.4, 0.5) is 0 Å². The molecule has 3 N–H and O–H groups in total. The molecular weight excluding hydrogens is 290 g/mol. The number of carbonyl (C=O) groups is 1. The van der Waals surface area contributed by atoms with E-state index in [2.05, 4.69) is 15.9 Å². The molecule has 0 radical (unpaired) electrons. The highest BCUT2D eigenvalue weighted by atomic mass is 79.9. The first-order chi connectivity index (χ1) is 7.24. The number of nitrogens with two attached hydrogens (primary N) is 1. The largest absolute Gasteiger partial charge is 0.481 e. The minimum atomic E-state index is -0.810. The number of halogens is 1. The minimum Gasteiger partial charge on any atom is -0.481 e. The number of aliphatic carboxylic acids is 1. The van der Waals surface area contributed by atoms with Crippen LogP contribution in [0.25, 0.3) is 0 Å². The molecule has 0 aliphatic carbocycles. The SMILES string of the molecule is Cc1sc(Br)cc1C(N)CC(C)(C)C(=O)O. The van der Waals surface area contributed by atoms with Crippen molar-refractivity contribution in [1.82, 2.24) is 0 Å². The van der Waals surface area contributed by atoms with Gasteiger partial charge in [0.2, 0.25) is 0 Å². The summed E-state index contributed by atoms with van der Waals surface area (Å²) in [7, 11) is 0. The van der Waals surface area contributed by atoms with Gasteiger partial charge in [0.05, 0.1) is 9.20 Å². The lowest BCUT2D eigenvalue weighted by Crippen LogP contribution is -2.28. The smallest absolute Gasteiger partial charge is 0.309 e. The van der Waals surface area contributed by atoms with Crippen LogP contribution in [0, 0.1) is 12.3 Å². The maximum atomic E-state index is 11.0. The third-order valence-electron chi connectivity index (χ3n) is 2.63. The average Bonchev–Trinajstić information content (AvgIpc) is 2.44. The van der Waals surface area contributed by atoms with Crippen LogP contribution in [0.5, 0.6) is 0 Å². The van der Waals surface area contributed by atoms with Crippen LogP contribution in [0.2, 0.25) is 0 Å². The Morgan fingerprint density at radius 2 is 2.25 bits per heavy atom. The Kier molecular flexibility index (Phi) is 4.15. The maximum Gasteiger partial charge on any atom is 0.309 e. The first-order valence-electron chi connectivity index (χ1n) is 4.99. The predicted molar refractivity (Wildman–Crippen MR) is 69.7 cm³/mol. The van der Waals surface area contributed by atoms with E-state index >= 15 is 0 Å². The van der Waals surface area contributed by atoms with Crippen molar-refractivity contribution in [3.05, 3.63) is 20.3 Å². The van der Waals surface area contributed by atoms with Gasteiger partial charge in [-0.05, 0) is 54.8 Å². The van der Waals surface area contributed by atoms with E-state index in [1.165, 1.54) is 0 Å². The second-order valence-corrected chi connectivity index (χ2v) is 7.20. The second kappa shape index (κ2) is 4.85. The Labute approximate surface area is 108 Å². The number of carboxylic acids is 1. The summed E-state index contributed by atoms with van der Waals surface area (Å²) >= 11 is 5.03. The van der Waals surface area contributed by atoms with Gasteiger partial charge in [-0.15, -0.1) is 11.3 Å². The molecule has 0 aliphatic heterocycles. The molecule has 0 fully saturated rings. The highest BCUT2D eigenvalue weighted by Gasteiger charge is 2.30. The molecule has 1 aromatic rings. The number of carboxylic acid groups (broad SMARTS) is 1. The molecule has 1 aromatic heterocycles. The summed E-state index contributed by atoms with van der Waals surface area (Å²) in [6.07, 6.45) is 0.437. The average molecular weight is 306 g/mol. The fourth-order valence-corrected chi connectivity index (χ4v) is 3.36. The van der Waals surface area contributed by atoms with E-state index in [1.54, 1.807) is 25.2 Å². The molecule has 0 spiro atoms. The third kappa shape index (κ3) is 3.06. The third-order valence-corrected chi connectivity index (χ3v) is 4.20. The van der Waals surface area contributed by atoms with Gasteiger partial charge >= 0.3 is 5.97 Å². The highest BCUT2D eigenvalue weighted by Crippen LogP contribution is 2.35. The monoisotopic (exact) mass is 305 g/mol. The molecular formula is C11H16BrNO2S. The van der Waals surface area contributed by atoms with Gasteiger partial charge in [0.1, 0.15) is 0 Å². The lowest BCUT2D eigenvalue weighted by Gasteiger charge is -2.23. The van der Waals surface area contributed by atoms with Crippen LogP contribution in [0.1, 0.15) is 36.8 Å².